The van der Waals surface area contributed by atoms with E-state index in [0.717, 1.165) is 64.2 Å². The second-order valence-electron chi connectivity index (χ2n) is 18.5. The number of allylic oxidation sites excluding steroid dienone is 9. The lowest BCUT2D eigenvalue weighted by atomic mass is 10.0. The van der Waals surface area contributed by atoms with Crippen molar-refractivity contribution >= 4 is 13.7 Å². The first-order valence-electron chi connectivity index (χ1n) is 25.7. The Morgan fingerprint density at radius 1 is 0.581 bits per heavy atom. The van der Waals surface area contributed by atoms with E-state index in [9.17, 15) is 19.4 Å². The average molecular weight is 891 g/mol. The number of hydrogen-bond acceptors (Lipinski definition) is 6. The quantitative estimate of drug-likeness (QED) is 0.0273. The number of aliphatic hydroxyl groups is 1. The van der Waals surface area contributed by atoms with E-state index >= 15 is 0 Å². The van der Waals surface area contributed by atoms with E-state index in [1.807, 2.05) is 27.2 Å². The van der Waals surface area contributed by atoms with E-state index in [2.05, 4.69) is 67.8 Å². The smallest absolute Gasteiger partial charge is 0.268 e. The molecule has 3 atom stereocenters. The summed E-state index contributed by atoms with van der Waals surface area (Å²) in [4.78, 5) is 25.4. The van der Waals surface area contributed by atoms with Gasteiger partial charge in [-0.1, -0.05) is 216 Å². The maximum Gasteiger partial charge on any atom is 0.268 e. The third kappa shape index (κ3) is 46.2. The molecule has 1 amide bonds. The highest BCUT2D eigenvalue weighted by Crippen LogP contribution is 2.38. The Morgan fingerprint density at radius 2 is 0.984 bits per heavy atom. The van der Waals surface area contributed by atoms with E-state index < -0.39 is 20.0 Å². The second-order valence-corrected chi connectivity index (χ2v) is 19.9. The standard InChI is InChI=1S/C53H99N2O6P/c1-6-8-10-12-14-16-18-20-22-24-25-26-27-28-29-31-33-35-37-39-41-43-45-47-53(57)54-51(50-61-62(58,59)60-49-48-55(3,4)5)52(56)46-44-42-40-38-36-34-32-30-23-21-19-17-15-13-11-9-7-2/h8,10,14,16,20,22,25-26,44,46,51-52,56H,6-7,9,11-13,15,17-19,21,23-24,27-43,45,47-50H2,1-5H3,(H-,54,57,58,59)/b10-8-,16-14-,22-20-,26-25-,46-44+. The number of carbonyl (C=O) groups is 1. The van der Waals surface area contributed by atoms with E-state index in [4.69, 9.17) is 9.05 Å². The second kappa shape index (κ2) is 44.4. The number of hydrogen-bond donors (Lipinski definition) is 2. The van der Waals surface area contributed by atoms with Crippen molar-refractivity contribution in [2.45, 2.75) is 231 Å². The summed E-state index contributed by atoms with van der Waals surface area (Å²) in [6.45, 7) is 4.54. The molecule has 0 heterocycles. The number of phosphoric ester groups is 1. The van der Waals surface area contributed by atoms with Gasteiger partial charge in [-0.05, 0) is 57.8 Å². The van der Waals surface area contributed by atoms with Gasteiger partial charge in [-0.25, -0.2) is 0 Å². The summed E-state index contributed by atoms with van der Waals surface area (Å²) in [5.41, 5.74) is 0. The van der Waals surface area contributed by atoms with E-state index in [1.54, 1.807) is 6.08 Å². The Morgan fingerprint density at radius 3 is 1.44 bits per heavy atom. The molecule has 0 aromatic carbocycles. The summed E-state index contributed by atoms with van der Waals surface area (Å²) >= 11 is 0. The Bertz CT molecular complexity index is 1190. The number of quaternary nitrogens is 1. The molecule has 0 bridgehead atoms. The van der Waals surface area contributed by atoms with Crippen LogP contribution in [0.1, 0.15) is 219 Å². The minimum Gasteiger partial charge on any atom is -0.756 e. The molecule has 0 saturated carbocycles. The Labute approximate surface area is 383 Å². The molecule has 8 nitrogen and oxygen atoms in total. The van der Waals surface area contributed by atoms with Gasteiger partial charge < -0.3 is 28.8 Å². The zero-order chi connectivity index (χ0) is 45.7. The highest BCUT2D eigenvalue weighted by atomic mass is 31.2. The van der Waals surface area contributed by atoms with Crippen LogP contribution in [-0.4, -0.2) is 68.5 Å². The first kappa shape index (κ1) is 60.2. The summed E-state index contributed by atoms with van der Waals surface area (Å²) < 4.78 is 23.3. The first-order chi connectivity index (χ1) is 30.0. The molecule has 62 heavy (non-hydrogen) atoms. The van der Waals surface area contributed by atoms with Gasteiger partial charge in [0.1, 0.15) is 13.2 Å². The van der Waals surface area contributed by atoms with Gasteiger partial charge in [0.2, 0.25) is 5.91 Å². The zero-order valence-corrected chi connectivity index (χ0v) is 42.0. The number of rotatable bonds is 46. The largest absolute Gasteiger partial charge is 0.756 e. The predicted octanol–water partition coefficient (Wildman–Crippen LogP) is 14.3. The Kier molecular flexibility index (Phi) is 43.1. The molecular formula is C53H99N2O6P. The lowest BCUT2D eigenvalue weighted by Gasteiger charge is -2.29. The Hall–Kier alpha value is -1.80. The highest BCUT2D eigenvalue weighted by molar-refractivity contribution is 7.45. The van der Waals surface area contributed by atoms with Crippen molar-refractivity contribution in [2.75, 3.05) is 40.9 Å². The van der Waals surface area contributed by atoms with Gasteiger partial charge in [-0.2, -0.15) is 0 Å². The van der Waals surface area contributed by atoms with Crippen LogP contribution in [0.25, 0.3) is 0 Å². The van der Waals surface area contributed by atoms with Gasteiger partial charge in [0.15, 0.2) is 0 Å². The fourth-order valence-corrected chi connectivity index (χ4v) is 7.93. The number of likely N-dealkylation sites (N-methyl/N-ethyl adjacent to an activating group) is 1. The van der Waals surface area contributed by atoms with Crippen LogP contribution in [0.5, 0.6) is 0 Å². The van der Waals surface area contributed by atoms with Crippen molar-refractivity contribution in [1.29, 1.82) is 0 Å². The van der Waals surface area contributed by atoms with E-state index in [0.29, 0.717) is 17.4 Å². The minimum atomic E-state index is -4.60. The molecule has 0 aromatic rings. The molecule has 0 aromatic heterocycles. The van der Waals surface area contributed by atoms with Crippen LogP contribution in [0, 0.1) is 0 Å². The van der Waals surface area contributed by atoms with Gasteiger partial charge >= 0.3 is 0 Å². The fraction of sp³-hybridized carbons (Fsp3) is 0.792. The number of carbonyl (C=O) groups excluding carboxylic acids is 1. The predicted molar refractivity (Wildman–Crippen MR) is 265 cm³/mol. The van der Waals surface area contributed by atoms with Gasteiger partial charge in [-0.15, -0.1) is 0 Å². The molecule has 0 saturated heterocycles. The molecule has 0 spiro atoms. The van der Waals surface area contributed by atoms with Crippen LogP contribution in [0.15, 0.2) is 60.8 Å². The minimum absolute atomic E-state index is 0.00370. The number of nitrogens with zero attached hydrogens (tertiary/aromatic N) is 1. The molecule has 0 aliphatic carbocycles. The average Bonchev–Trinajstić information content (AvgIpc) is 3.23. The van der Waals surface area contributed by atoms with Crippen LogP contribution in [0.4, 0.5) is 0 Å². The zero-order valence-electron chi connectivity index (χ0n) is 41.1. The first-order valence-corrected chi connectivity index (χ1v) is 27.1. The summed E-state index contributed by atoms with van der Waals surface area (Å²) in [7, 11) is 1.25. The van der Waals surface area contributed by atoms with E-state index in [1.165, 1.54) is 135 Å². The number of phosphoric acid groups is 1. The third-order valence-corrected chi connectivity index (χ3v) is 12.2. The summed E-state index contributed by atoms with van der Waals surface area (Å²) in [5.74, 6) is -0.203. The lowest BCUT2D eigenvalue weighted by Crippen LogP contribution is -2.45. The van der Waals surface area contributed by atoms with E-state index in [-0.39, 0.29) is 19.1 Å². The van der Waals surface area contributed by atoms with Crippen molar-refractivity contribution in [3.63, 3.8) is 0 Å². The van der Waals surface area contributed by atoms with Crippen LogP contribution >= 0.6 is 7.82 Å². The van der Waals surface area contributed by atoms with Crippen molar-refractivity contribution < 1.29 is 32.9 Å². The number of nitrogens with one attached hydrogen (secondary N) is 1. The van der Waals surface area contributed by atoms with Gasteiger partial charge in [-0.3, -0.25) is 9.36 Å². The van der Waals surface area contributed by atoms with Crippen molar-refractivity contribution in [2.24, 2.45) is 0 Å². The van der Waals surface area contributed by atoms with Gasteiger partial charge in [0.25, 0.3) is 7.82 Å². The molecule has 0 fully saturated rings. The molecule has 0 aliphatic rings. The van der Waals surface area contributed by atoms with Crippen LogP contribution in [0.2, 0.25) is 0 Å². The number of amides is 1. The SMILES string of the molecule is CC/C=C\C/C=C\C/C=C\C/C=C\CCCCCCCCCCCCC(=O)NC(COP(=O)([O-])OCC[N+](C)(C)C)C(O)/C=C/CCCCCCCCCCCCCCCCC. The molecule has 3 unspecified atom stereocenters. The van der Waals surface area contributed by atoms with Crippen molar-refractivity contribution in [3.8, 4) is 0 Å². The number of aliphatic hydroxyl groups excluding tert-OH is 1. The molecular weight excluding hydrogens is 792 g/mol. The highest BCUT2D eigenvalue weighted by Gasteiger charge is 2.23. The normalized spacial score (nSPS) is 14.6. The molecule has 9 heteroatoms. The van der Waals surface area contributed by atoms with Gasteiger partial charge in [0, 0.05) is 6.42 Å². The van der Waals surface area contributed by atoms with Crippen molar-refractivity contribution in [1.82, 2.24) is 5.32 Å². The van der Waals surface area contributed by atoms with Crippen LogP contribution in [0.3, 0.4) is 0 Å². The molecule has 2 N–H and O–H groups in total. The molecule has 0 aliphatic heterocycles. The number of unbranched alkanes of at least 4 members (excludes halogenated alkanes) is 25. The summed E-state index contributed by atoms with van der Waals surface area (Å²) in [6.07, 6.45) is 58.4. The fourth-order valence-electron chi connectivity index (χ4n) is 7.20. The van der Waals surface area contributed by atoms with Gasteiger partial charge in [0.05, 0.1) is 39.9 Å². The Balaban J connectivity index is 4.31. The molecule has 362 valence electrons. The van der Waals surface area contributed by atoms with Crippen molar-refractivity contribution in [3.05, 3.63) is 60.8 Å². The maximum absolute atomic E-state index is 12.9. The van der Waals surface area contributed by atoms with Crippen LogP contribution < -0.4 is 10.2 Å². The summed E-state index contributed by atoms with van der Waals surface area (Å²) in [6, 6.07) is -0.891. The molecule has 0 rings (SSSR count). The topological polar surface area (TPSA) is 108 Å². The lowest BCUT2D eigenvalue weighted by molar-refractivity contribution is -0.870. The summed E-state index contributed by atoms with van der Waals surface area (Å²) in [5, 5.41) is 13.8. The monoisotopic (exact) mass is 891 g/mol. The van der Waals surface area contributed by atoms with Crippen LogP contribution in [-0.2, 0) is 18.4 Å². The maximum atomic E-state index is 12.9. The third-order valence-electron chi connectivity index (χ3n) is 11.2. The molecule has 0 radical (unpaired) electrons.